The summed E-state index contributed by atoms with van der Waals surface area (Å²) in [6.07, 6.45) is 0.858. The number of ether oxygens (including phenoxy) is 1. The van der Waals surface area contributed by atoms with E-state index in [9.17, 15) is 13.6 Å². The Hall–Kier alpha value is -1.65. The minimum atomic E-state index is -0.728. The molecule has 6 nitrogen and oxygen atoms in total. The van der Waals surface area contributed by atoms with E-state index in [-0.39, 0.29) is 54.2 Å². The first-order valence-corrected chi connectivity index (χ1v) is 8.74. The van der Waals surface area contributed by atoms with Crippen LogP contribution in [0.4, 0.5) is 8.78 Å². The highest BCUT2D eigenvalue weighted by Gasteiger charge is 2.27. The SMILES string of the molecule is CN=C(NCCOc1ccc(F)cc1F)NC1CCN(C(=O)C(C)C)C1.I. The van der Waals surface area contributed by atoms with E-state index >= 15 is 0 Å². The molecular formula is C18H27F2IN4O2. The van der Waals surface area contributed by atoms with E-state index in [0.717, 1.165) is 25.1 Å². The van der Waals surface area contributed by atoms with Gasteiger partial charge in [0.05, 0.1) is 6.54 Å². The molecule has 0 spiro atoms. The van der Waals surface area contributed by atoms with Gasteiger partial charge in [0, 0.05) is 38.2 Å². The number of amides is 1. The minimum Gasteiger partial charge on any atom is -0.489 e. The number of guanidine groups is 1. The first-order valence-electron chi connectivity index (χ1n) is 8.74. The molecule has 0 aromatic heterocycles. The first-order chi connectivity index (χ1) is 12.4. The molecule has 1 atom stereocenters. The van der Waals surface area contributed by atoms with E-state index in [4.69, 9.17) is 4.74 Å². The standard InChI is InChI=1S/C18H26F2N4O2.HI/c1-12(2)17(25)24-8-6-14(11-24)23-18(21-3)22-7-9-26-16-5-4-13(19)10-15(16)20;/h4-5,10,12,14H,6-9,11H2,1-3H3,(H2,21,22,23);1H. The van der Waals surface area contributed by atoms with Gasteiger partial charge < -0.3 is 20.3 Å². The molecule has 1 aromatic carbocycles. The molecule has 9 heteroatoms. The maximum atomic E-state index is 13.5. The molecule has 1 fully saturated rings. The number of nitrogens with zero attached hydrogens (tertiary/aromatic N) is 2. The fraction of sp³-hybridized carbons (Fsp3) is 0.556. The van der Waals surface area contributed by atoms with E-state index in [0.29, 0.717) is 19.0 Å². The summed E-state index contributed by atoms with van der Waals surface area (Å²) in [6, 6.07) is 3.33. The van der Waals surface area contributed by atoms with Crippen molar-refractivity contribution in [1.82, 2.24) is 15.5 Å². The second kappa shape index (κ2) is 11.3. The van der Waals surface area contributed by atoms with Gasteiger partial charge in [-0.2, -0.15) is 0 Å². The van der Waals surface area contributed by atoms with Crippen LogP contribution in [0.1, 0.15) is 20.3 Å². The molecule has 0 saturated carbocycles. The molecule has 152 valence electrons. The predicted octanol–water partition coefficient (Wildman–Crippen LogP) is 2.38. The van der Waals surface area contributed by atoms with Gasteiger partial charge in [-0.1, -0.05) is 13.8 Å². The van der Waals surface area contributed by atoms with Gasteiger partial charge in [0.2, 0.25) is 5.91 Å². The summed E-state index contributed by atoms with van der Waals surface area (Å²) < 4.78 is 31.6. The number of benzene rings is 1. The van der Waals surface area contributed by atoms with Crippen molar-refractivity contribution >= 4 is 35.8 Å². The molecule has 0 radical (unpaired) electrons. The maximum Gasteiger partial charge on any atom is 0.225 e. The molecule has 1 aromatic rings. The smallest absolute Gasteiger partial charge is 0.225 e. The second-order valence-electron chi connectivity index (χ2n) is 6.49. The van der Waals surface area contributed by atoms with Gasteiger partial charge in [0.1, 0.15) is 12.4 Å². The third-order valence-corrected chi connectivity index (χ3v) is 4.10. The van der Waals surface area contributed by atoms with Crippen LogP contribution in [0.3, 0.4) is 0 Å². The third-order valence-electron chi connectivity index (χ3n) is 4.10. The van der Waals surface area contributed by atoms with Gasteiger partial charge in [0.15, 0.2) is 17.5 Å². The molecule has 1 aliphatic heterocycles. The maximum absolute atomic E-state index is 13.5. The van der Waals surface area contributed by atoms with Crippen molar-refractivity contribution in [3.8, 4) is 5.75 Å². The average molecular weight is 496 g/mol. The van der Waals surface area contributed by atoms with Gasteiger partial charge in [-0.15, -0.1) is 24.0 Å². The Morgan fingerprint density at radius 3 is 2.78 bits per heavy atom. The largest absolute Gasteiger partial charge is 0.489 e. The predicted molar refractivity (Wildman–Crippen MR) is 112 cm³/mol. The van der Waals surface area contributed by atoms with Crippen molar-refractivity contribution < 1.29 is 18.3 Å². The van der Waals surface area contributed by atoms with E-state index in [2.05, 4.69) is 15.6 Å². The lowest BCUT2D eigenvalue weighted by molar-refractivity contribution is -0.133. The van der Waals surface area contributed by atoms with Gasteiger partial charge in [-0.25, -0.2) is 8.78 Å². The molecule has 1 amide bonds. The highest BCUT2D eigenvalue weighted by molar-refractivity contribution is 14.0. The average Bonchev–Trinajstić information content (AvgIpc) is 3.06. The lowest BCUT2D eigenvalue weighted by Crippen LogP contribution is -2.46. The number of carbonyl (C=O) groups excluding carboxylic acids is 1. The van der Waals surface area contributed by atoms with Crippen LogP contribution in [0, 0.1) is 17.6 Å². The van der Waals surface area contributed by atoms with Gasteiger partial charge in [0.25, 0.3) is 0 Å². The summed E-state index contributed by atoms with van der Waals surface area (Å²) in [5.74, 6) is -0.610. The molecule has 2 rings (SSSR count). The molecule has 2 N–H and O–H groups in total. The van der Waals surface area contributed by atoms with E-state index < -0.39 is 11.6 Å². The summed E-state index contributed by atoms with van der Waals surface area (Å²) in [5.41, 5.74) is 0. The molecule has 1 heterocycles. The molecule has 0 aliphatic carbocycles. The van der Waals surface area contributed by atoms with Crippen LogP contribution in [0.25, 0.3) is 0 Å². The summed E-state index contributed by atoms with van der Waals surface area (Å²) in [5, 5.41) is 6.35. The zero-order valence-corrected chi connectivity index (χ0v) is 18.1. The number of aliphatic imine (C=N–C) groups is 1. The van der Waals surface area contributed by atoms with Crippen LogP contribution >= 0.6 is 24.0 Å². The fourth-order valence-corrected chi connectivity index (χ4v) is 2.75. The number of rotatable bonds is 6. The lowest BCUT2D eigenvalue weighted by atomic mass is 10.2. The van der Waals surface area contributed by atoms with Gasteiger partial charge in [-0.05, 0) is 18.6 Å². The monoisotopic (exact) mass is 496 g/mol. The molecule has 1 aliphatic rings. The van der Waals surface area contributed by atoms with Crippen molar-refractivity contribution in [2.75, 3.05) is 33.3 Å². The number of likely N-dealkylation sites (tertiary alicyclic amines) is 1. The summed E-state index contributed by atoms with van der Waals surface area (Å²) in [7, 11) is 1.65. The molecule has 27 heavy (non-hydrogen) atoms. The Kier molecular flexibility index (Phi) is 9.75. The quantitative estimate of drug-likeness (QED) is 0.275. The Morgan fingerprint density at radius 2 is 2.15 bits per heavy atom. The number of halogens is 3. The van der Waals surface area contributed by atoms with Crippen LogP contribution in [0.2, 0.25) is 0 Å². The Labute approximate surface area is 175 Å². The highest BCUT2D eigenvalue weighted by atomic mass is 127. The van der Waals surface area contributed by atoms with Crippen LogP contribution in [0.15, 0.2) is 23.2 Å². The Bertz CT molecular complexity index is 658. The molecule has 1 saturated heterocycles. The van der Waals surface area contributed by atoms with Crippen molar-refractivity contribution in [2.24, 2.45) is 10.9 Å². The Balaban J connectivity index is 0.00000364. The first kappa shape index (κ1) is 23.4. The number of hydrogen-bond donors (Lipinski definition) is 2. The van der Waals surface area contributed by atoms with Crippen LogP contribution in [-0.2, 0) is 4.79 Å². The number of carbonyl (C=O) groups is 1. The number of nitrogens with one attached hydrogen (secondary N) is 2. The molecule has 0 bridgehead atoms. The van der Waals surface area contributed by atoms with E-state index in [1.54, 1.807) is 7.05 Å². The topological polar surface area (TPSA) is 66.0 Å². The summed E-state index contributed by atoms with van der Waals surface area (Å²) in [4.78, 5) is 18.0. The van der Waals surface area contributed by atoms with Crippen molar-refractivity contribution in [1.29, 1.82) is 0 Å². The molecular weight excluding hydrogens is 469 g/mol. The molecule has 1 unspecified atom stereocenters. The zero-order valence-electron chi connectivity index (χ0n) is 15.8. The Morgan fingerprint density at radius 1 is 1.41 bits per heavy atom. The third kappa shape index (κ3) is 7.11. The minimum absolute atomic E-state index is 0. The van der Waals surface area contributed by atoms with Gasteiger partial charge >= 0.3 is 0 Å². The second-order valence-corrected chi connectivity index (χ2v) is 6.49. The highest BCUT2D eigenvalue weighted by Crippen LogP contribution is 2.17. The zero-order chi connectivity index (χ0) is 19.1. The van der Waals surface area contributed by atoms with Gasteiger partial charge in [-0.3, -0.25) is 9.79 Å². The van der Waals surface area contributed by atoms with E-state index in [1.165, 1.54) is 6.07 Å². The van der Waals surface area contributed by atoms with Crippen molar-refractivity contribution in [3.05, 3.63) is 29.8 Å². The lowest BCUT2D eigenvalue weighted by Gasteiger charge is -2.20. The normalized spacial score (nSPS) is 16.9. The summed E-state index contributed by atoms with van der Waals surface area (Å²) >= 11 is 0. The fourth-order valence-electron chi connectivity index (χ4n) is 2.75. The van der Waals surface area contributed by atoms with Crippen LogP contribution in [-0.4, -0.2) is 56.1 Å². The van der Waals surface area contributed by atoms with Crippen molar-refractivity contribution in [2.45, 2.75) is 26.3 Å². The van der Waals surface area contributed by atoms with Crippen LogP contribution in [0.5, 0.6) is 5.75 Å². The van der Waals surface area contributed by atoms with Crippen molar-refractivity contribution in [3.63, 3.8) is 0 Å². The van der Waals surface area contributed by atoms with E-state index in [1.807, 2.05) is 18.7 Å². The number of hydrogen-bond acceptors (Lipinski definition) is 3. The van der Waals surface area contributed by atoms with Crippen LogP contribution < -0.4 is 15.4 Å². The summed E-state index contributed by atoms with van der Waals surface area (Å²) in [6.45, 7) is 5.78.